The largest absolute Gasteiger partial charge is 0.456 e. The van der Waals surface area contributed by atoms with E-state index >= 15 is 0 Å². The fourth-order valence-electron chi connectivity index (χ4n) is 7.67. The first-order chi connectivity index (χ1) is 26.7. The Bertz CT molecular complexity index is 3140. The zero-order valence-corrected chi connectivity index (χ0v) is 30.6. The van der Waals surface area contributed by atoms with Crippen molar-refractivity contribution in [3.05, 3.63) is 182 Å². The van der Waals surface area contributed by atoms with Crippen LogP contribution in [0.2, 0.25) is 0 Å². The molecule has 0 amide bonds. The van der Waals surface area contributed by atoms with Crippen molar-refractivity contribution in [3.8, 4) is 32.8 Å². The monoisotopic (exact) mass is 726 g/mol. The average molecular weight is 727 g/mol. The summed E-state index contributed by atoms with van der Waals surface area (Å²) >= 11 is 3.57. The molecule has 0 atom stereocenters. The molecule has 0 spiro atoms. The molecule has 0 radical (unpaired) electrons. The maximum Gasteiger partial charge on any atom is 0.137 e. The van der Waals surface area contributed by atoms with Crippen LogP contribution in [-0.4, -0.2) is 4.98 Å². The Morgan fingerprint density at radius 3 is 1.72 bits per heavy atom. The number of furan rings is 1. The summed E-state index contributed by atoms with van der Waals surface area (Å²) in [6.45, 7) is 0. The summed E-state index contributed by atoms with van der Waals surface area (Å²) in [6.07, 6.45) is 0. The van der Waals surface area contributed by atoms with E-state index in [-0.39, 0.29) is 0 Å². The molecule has 0 N–H and O–H groups in total. The molecule has 54 heavy (non-hydrogen) atoms. The van der Waals surface area contributed by atoms with Gasteiger partial charge in [0.05, 0.1) is 15.6 Å². The predicted octanol–water partition coefficient (Wildman–Crippen LogP) is 15.0. The van der Waals surface area contributed by atoms with Crippen LogP contribution in [0, 0.1) is 0 Å². The summed E-state index contributed by atoms with van der Waals surface area (Å²) in [6, 6.07) is 65.0. The van der Waals surface area contributed by atoms with Gasteiger partial charge in [-0.3, -0.25) is 0 Å². The second kappa shape index (κ2) is 12.6. The predicted molar refractivity (Wildman–Crippen MR) is 231 cm³/mol. The van der Waals surface area contributed by atoms with Crippen LogP contribution in [-0.2, 0) is 0 Å². The number of anilines is 3. The van der Waals surface area contributed by atoms with Crippen LogP contribution in [0.4, 0.5) is 17.1 Å². The molecule has 0 bridgehead atoms. The first-order valence-corrected chi connectivity index (χ1v) is 19.7. The molecule has 3 aromatic heterocycles. The summed E-state index contributed by atoms with van der Waals surface area (Å²) in [5.74, 6) is 0. The molecular formula is C49H30N2OS2. The van der Waals surface area contributed by atoms with Gasteiger partial charge in [-0.15, -0.1) is 22.7 Å². The van der Waals surface area contributed by atoms with Crippen LogP contribution in [0.15, 0.2) is 186 Å². The Labute approximate surface area is 319 Å². The van der Waals surface area contributed by atoms with E-state index in [1.807, 2.05) is 17.4 Å². The minimum Gasteiger partial charge on any atom is -0.456 e. The van der Waals surface area contributed by atoms with Crippen LogP contribution in [0.25, 0.3) is 85.2 Å². The summed E-state index contributed by atoms with van der Waals surface area (Å²) in [5.41, 5.74) is 11.9. The lowest BCUT2D eigenvalue weighted by atomic mass is 10.0. The Hall–Kier alpha value is -6.53. The number of nitrogens with zero attached hydrogens (tertiary/aromatic N) is 2. The first kappa shape index (κ1) is 31.0. The quantitative estimate of drug-likeness (QED) is 0.171. The van der Waals surface area contributed by atoms with E-state index in [9.17, 15) is 0 Å². The van der Waals surface area contributed by atoms with Gasteiger partial charge in [0.15, 0.2) is 0 Å². The molecule has 0 aliphatic carbocycles. The van der Waals surface area contributed by atoms with E-state index in [4.69, 9.17) is 9.40 Å². The third kappa shape index (κ3) is 5.20. The molecule has 254 valence electrons. The van der Waals surface area contributed by atoms with E-state index in [1.54, 1.807) is 11.3 Å². The van der Waals surface area contributed by atoms with Gasteiger partial charge in [-0.1, -0.05) is 109 Å². The Morgan fingerprint density at radius 1 is 0.389 bits per heavy atom. The van der Waals surface area contributed by atoms with Gasteiger partial charge in [0.2, 0.25) is 0 Å². The summed E-state index contributed by atoms with van der Waals surface area (Å²) in [5, 5.41) is 5.74. The molecule has 0 aliphatic rings. The third-order valence-corrected chi connectivity index (χ3v) is 12.5. The van der Waals surface area contributed by atoms with Crippen LogP contribution in [0.1, 0.15) is 0 Å². The van der Waals surface area contributed by atoms with Gasteiger partial charge in [0, 0.05) is 48.2 Å². The van der Waals surface area contributed by atoms with Crippen molar-refractivity contribution in [1.82, 2.24) is 4.98 Å². The van der Waals surface area contributed by atoms with Gasteiger partial charge in [0.1, 0.15) is 16.2 Å². The maximum absolute atomic E-state index is 6.36. The van der Waals surface area contributed by atoms with Crippen LogP contribution in [0.5, 0.6) is 0 Å². The number of thiophene rings is 1. The molecule has 5 heteroatoms. The molecule has 0 aliphatic heterocycles. The van der Waals surface area contributed by atoms with E-state index in [0.717, 1.165) is 70.9 Å². The zero-order valence-electron chi connectivity index (χ0n) is 28.9. The Kier molecular flexibility index (Phi) is 7.22. The fourth-order valence-corrected chi connectivity index (χ4v) is 9.74. The van der Waals surface area contributed by atoms with Crippen LogP contribution >= 0.6 is 22.7 Å². The second-order valence-corrected chi connectivity index (χ2v) is 15.7. The van der Waals surface area contributed by atoms with Gasteiger partial charge < -0.3 is 9.32 Å². The topological polar surface area (TPSA) is 29.3 Å². The second-order valence-electron chi connectivity index (χ2n) is 13.6. The number of aromatic nitrogens is 1. The molecule has 3 heterocycles. The van der Waals surface area contributed by atoms with Crippen LogP contribution in [0.3, 0.4) is 0 Å². The lowest BCUT2D eigenvalue weighted by Crippen LogP contribution is -2.09. The molecule has 0 saturated carbocycles. The lowest BCUT2D eigenvalue weighted by molar-refractivity contribution is 0.669. The number of benzene rings is 8. The van der Waals surface area contributed by atoms with Crippen LogP contribution < -0.4 is 4.90 Å². The van der Waals surface area contributed by atoms with Crippen molar-refractivity contribution in [2.75, 3.05) is 4.90 Å². The summed E-state index contributed by atoms with van der Waals surface area (Å²) in [7, 11) is 0. The Balaban J connectivity index is 1.01. The molecule has 8 aromatic carbocycles. The highest BCUT2D eigenvalue weighted by Gasteiger charge is 2.18. The molecule has 11 aromatic rings. The highest BCUT2D eigenvalue weighted by atomic mass is 32.1. The number of fused-ring (bicyclic) bond motifs is 8. The molecule has 0 unspecified atom stereocenters. The molecular weight excluding hydrogens is 697 g/mol. The lowest BCUT2D eigenvalue weighted by Gasteiger charge is -2.26. The average Bonchev–Trinajstić information content (AvgIpc) is 3.95. The van der Waals surface area contributed by atoms with Crippen molar-refractivity contribution < 1.29 is 4.42 Å². The van der Waals surface area contributed by atoms with Crippen molar-refractivity contribution in [1.29, 1.82) is 0 Å². The van der Waals surface area contributed by atoms with E-state index in [0.29, 0.717) is 0 Å². The number of thiazole rings is 1. The van der Waals surface area contributed by atoms with Gasteiger partial charge >= 0.3 is 0 Å². The molecule has 3 nitrogen and oxygen atoms in total. The van der Waals surface area contributed by atoms with Gasteiger partial charge in [-0.2, -0.15) is 0 Å². The standard InChI is InChI=1S/C49H30N2OS2/c1-3-9-31(10-4-1)32-15-20-36(21-16-32)51(38-24-27-45-40(30-38)39-13-7-8-14-44(39)53-45)37-22-17-33(18-23-37)35-19-25-42-41(29-35)47-43(52-42)26-28-46-48(47)50-49(54-46)34-11-5-2-6-12-34/h1-30H. The summed E-state index contributed by atoms with van der Waals surface area (Å²) in [4.78, 5) is 7.49. The van der Waals surface area contributed by atoms with Crippen molar-refractivity contribution in [3.63, 3.8) is 0 Å². The molecule has 0 fully saturated rings. The van der Waals surface area contributed by atoms with Gasteiger partial charge in [-0.05, 0) is 95.1 Å². The fraction of sp³-hybridized carbons (Fsp3) is 0. The van der Waals surface area contributed by atoms with Gasteiger partial charge in [-0.25, -0.2) is 4.98 Å². The number of hydrogen-bond acceptors (Lipinski definition) is 5. The van der Waals surface area contributed by atoms with Gasteiger partial charge in [0.25, 0.3) is 0 Å². The SMILES string of the molecule is c1ccc(-c2ccc(N(c3ccc(-c4ccc5oc6ccc7sc(-c8ccccc8)nc7c6c5c4)cc3)c3ccc4sc5ccccc5c4c3)cc2)cc1. The van der Waals surface area contributed by atoms with E-state index < -0.39 is 0 Å². The highest BCUT2D eigenvalue weighted by molar-refractivity contribution is 7.25. The maximum atomic E-state index is 6.36. The summed E-state index contributed by atoms with van der Waals surface area (Å²) < 4.78 is 10.1. The highest BCUT2D eigenvalue weighted by Crippen LogP contribution is 2.43. The first-order valence-electron chi connectivity index (χ1n) is 18.0. The smallest absolute Gasteiger partial charge is 0.137 e. The Morgan fingerprint density at radius 2 is 0.963 bits per heavy atom. The number of rotatable bonds is 6. The van der Waals surface area contributed by atoms with E-state index in [1.165, 1.54) is 31.3 Å². The van der Waals surface area contributed by atoms with Crippen molar-refractivity contribution in [2.45, 2.75) is 0 Å². The van der Waals surface area contributed by atoms with Crippen molar-refractivity contribution >= 4 is 92.1 Å². The molecule has 0 saturated heterocycles. The minimum absolute atomic E-state index is 0.860. The molecule has 11 rings (SSSR count). The normalized spacial score (nSPS) is 11.7. The third-order valence-electron chi connectivity index (χ3n) is 10.3. The van der Waals surface area contributed by atoms with Crippen molar-refractivity contribution in [2.24, 2.45) is 0 Å². The zero-order chi connectivity index (χ0) is 35.6. The van der Waals surface area contributed by atoms with E-state index in [2.05, 4.69) is 181 Å². The minimum atomic E-state index is 0.860. The number of hydrogen-bond donors (Lipinski definition) is 0.